The molecular weight excluding hydrogens is 436 g/mol. The molecule has 2 heterocycles. The Morgan fingerprint density at radius 3 is 2.60 bits per heavy atom. The van der Waals surface area contributed by atoms with Crippen LogP contribution in [0.3, 0.4) is 0 Å². The minimum Gasteiger partial charge on any atom is -0.497 e. The van der Waals surface area contributed by atoms with E-state index in [-0.39, 0.29) is 5.91 Å². The Hall–Kier alpha value is -3.22. The van der Waals surface area contributed by atoms with Gasteiger partial charge in [0, 0.05) is 38.1 Å². The molecule has 1 N–H and O–H groups in total. The van der Waals surface area contributed by atoms with Crippen LogP contribution in [-0.2, 0) is 6.42 Å². The van der Waals surface area contributed by atoms with Gasteiger partial charge in [-0.3, -0.25) is 4.79 Å². The van der Waals surface area contributed by atoms with Crippen LogP contribution in [0.15, 0.2) is 48.5 Å². The first-order valence-electron chi connectivity index (χ1n) is 12.6. The number of carbonyl (C=O) groups is 1. The second kappa shape index (κ2) is 10.6. The smallest absolute Gasteiger partial charge is 0.252 e. The summed E-state index contributed by atoms with van der Waals surface area (Å²) in [5.41, 5.74) is 5.99. The van der Waals surface area contributed by atoms with E-state index in [4.69, 9.17) is 9.72 Å². The number of piperazine rings is 1. The van der Waals surface area contributed by atoms with Gasteiger partial charge in [0.05, 0.1) is 23.9 Å². The van der Waals surface area contributed by atoms with Gasteiger partial charge >= 0.3 is 0 Å². The molecule has 1 aliphatic heterocycles. The van der Waals surface area contributed by atoms with E-state index < -0.39 is 0 Å². The molecule has 1 aliphatic carbocycles. The molecule has 1 fully saturated rings. The van der Waals surface area contributed by atoms with Gasteiger partial charge in [-0.15, -0.1) is 0 Å². The number of carbonyl (C=O) groups excluding carboxylic acids is 1. The number of methoxy groups -OCH3 is 1. The van der Waals surface area contributed by atoms with E-state index >= 15 is 0 Å². The van der Waals surface area contributed by atoms with Crippen LogP contribution in [0.5, 0.6) is 5.75 Å². The minimum absolute atomic E-state index is 0.0175. The zero-order chi connectivity index (χ0) is 24.2. The van der Waals surface area contributed by atoms with Gasteiger partial charge in [0.15, 0.2) is 0 Å². The molecule has 182 valence electrons. The number of nitrogens with zero attached hydrogens (tertiary/aromatic N) is 3. The average Bonchev–Trinajstić information content (AvgIpc) is 3.28. The summed E-state index contributed by atoms with van der Waals surface area (Å²) in [7, 11) is 3.85. The molecule has 2 aromatic carbocycles. The molecule has 0 unspecified atom stereocenters. The summed E-state index contributed by atoms with van der Waals surface area (Å²) >= 11 is 0. The van der Waals surface area contributed by atoms with E-state index in [2.05, 4.69) is 40.4 Å². The topological polar surface area (TPSA) is 57.7 Å². The third kappa shape index (κ3) is 5.24. The van der Waals surface area contributed by atoms with Crippen molar-refractivity contribution in [1.82, 2.24) is 20.1 Å². The first-order valence-corrected chi connectivity index (χ1v) is 12.6. The van der Waals surface area contributed by atoms with E-state index in [1.807, 2.05) is 36.4 Å². The van der Waals surface area contributed by atoms with Crippen molar-refractivity contribution in [2.24, 2.45) is 0 Å². The molecule has 0 bridgehead atoms. The van der Waals surface area contributed by atoms with Crippen molar-refractivity contribution in [3.63, 3.8) is 0 Å². The Balaban J connectivity index is 1.35. The molecule has 3 aromatic rings. The van der Waals surface area contributed by atoms with E-state index in [0.29, 0.717) is 6.54 Å². The third-order valence-corrected chi connectivity index (χ3v) is 7.16. The predicted octanol–water partition coefficient (Wildman–Crippen LogP) is 4.10. The molecule has 5 rings (SSSR count). The number of amides is 1. The van der Waals surface area contributed by atoms with Gasteiger partial charge in [0.25, 0.3) is 5.91 Å². The van der Waals surface area contributed by atoms with Crippen molar-refractivity contribution in [3.05, 3.63) is 70.9 Å². The first kappa shape index (κ1) is 23.5. The number of benzene rings is 2. The molecular formula is C29H34N4O2. The lowest BCUT2D eigenvalue weighted by atomic mass is 10.00. The van der Waals surface area contributed by atoms with Crippen LogP contribution in [0, 0.1) is 0 Å². The van der Waals surface area contributed by atoms with Crippen molar-refractivity contribution in [2.45, 2.75) is 19.3 Å². The largest absolute Gasteiger partial charge is 0.497 e. The number of pyridine rings is 1. The highest BCUT2D eigenvalue weighted by atomic mass is 16.5. The van der Waals surface area contributed by atoms with Crippen molar-refractivity contribution in [2.75, 3.05) is 53.4 Å². The Kier molecular flexibility index (Phi) is 7.11. The van der Waals surface area contributed by atoms with E-state index in [1.54, 1.807) is 7.11 Å². The van der Waals surface area contributed by atoms with Crippen LogP contribution in [0.25, 0.3) is 22.6 Å². The number of likely N-dealkylation sites (N-methyl/N-ethyl adjacent to an activating group) is 1. The number of hydrogen-bond acceptors (Lipinski definition) is 5. The predicted molar refractivity (Wildman–Crippen MR) is 142 cm³/mol. The molecule has 35 heavy (non-hydrogen) atoms. The number of rotatable bonds is 7. The van der Waals surface area contributed by atoms with Gasteiger partial charge in [-0.1, -0.05) is 30.3 Å². The fraction of sp³-hybridized carbons (Fsp3) is 0.379. The fourth-order valence-corrected chi connectivity index (χ4v) is 5.10. The Morgan fingerprint density at radius 2 is 1.83 bits per heavy atom. The monoisotopic (exact) mass is 470 g/mol. The second-order valence-electron chi connectivity index (χ2n) is 9.53. The van der Waals surface area contributed by atoms with E-state index in [9.17, 15) is 4.79 Å². The molecule has 1 saturated heterocycles. The number of ether oxygens (including phenoxy) is 1. The Morgan fingerprint density at radius 1 is 1.06 bits per heavy atom. The summed E-state index contributed by atoms with van der Waals surface area (Å²) in [5.74, 6) is 0.860. The number of para-hydroxylation sites is 1. The normalized spacial score (nSPS) is 17.6. The molecule has 2 aliphatic rings. The highest BCUT2D eigenvalue weighted by molar-refractivity contribution is 6.09. The quantitative estimate of drug-likeness (QED) is 0.527. The van der Waals surface area contributed by atoms with Gasteiger partial charge in [0.2, 0.25) is 0 Å². The number of hydrogen-bond donors (Lipinski definition) is 1. The second-order valence-corrected chi connectivity index (χ2v) is 9.53. The van der Waals surface area contributed by atoms with Gasteiger partial charge in [0.1, 0.15) is 5.75 Å². The summed E-state index contributed by atoms with van der Waals surface area (Å²) in [5, 5.41) is 4.15. The maximum atomic E-state index is 13.5. The molecule has 0 spiro atoms. The van der Waals surface area contributed by atoms with Gasteiger partial charge in [-0.2, -0.15) is 0 Å². The van der Waals surface area contributed by atoms with Gasteiger partial charge in [-0.05, 0) is 73.8 Å². The van der Waals surface area contributed by atoms with Gasteiger partial charge in [-0.25, -0.2) is 4.98 Å². The van der Waals surface area contributed by atoms with Crippen LogP contribution in [0.4, 0.5) is 0 Å². The summed E-state index contributed by atoms with van der Waals surface area (Å²) in [4.78, 5) is 23.3. The molecule has 6 heteroatoms. The zero-order valence-electron chi connectivity index (χ0n) is 20.7. The molecule has 0 atom stereocenters. The average molecular weight is 471 g/mol. The van der Waals surface area contributed by atoms with Crippen LogP contribution in [0.2, 0.25) is 0 Å². The Labute approximate surface area is 207 Å². The maximum absolute atomic E-state index is 13.5. The summed E-state index contributed by atoms with van der Waals surface area (Å²) < 4.78 is 5.28. The molecule has 1 aromatic heterocycles. The summed E-state index contributed by atoms with van der Waals surface area (Å²) in [6.07, 6.45) is 4.86. The molecule has 1 amide bonds. The third-order valence-electron chi connectivity index (χ3n) is 7.16. The van der Waals surface area contributed by atoms with E-state index in [0.717, 1.165) is 91.0 Å². The molecule has 0 radical (unpaired) electrons. The zero-order valence-corrected chi connectivity index (χ0v) is 20.7. The lowest BCUT2D eigenvalue weighted by Gasteiger charge is -2.32. The number of nitrogens with one attached hydrogen (secondary N) is 1. The van der Waals surface area contributed by atoms with E-state index in [1.165, 1.54) is 5.57 Å². The van der Waals surface area contributed by atoms with Gasteiger partial charge < -0.3 is 19.9 Å². The number of allylic oxidation sites excluding steroid dienone is 1. The van der Waals surface area contributed by atoms with Crippen molar-refractivity contribution >= 4 is 28.5 Å². The molecule has 0 saturated carbocycles. The van der Waals surface area contributed by atoms with Crippen molar-refractivity contribution in [1.29, 1.82) is 0 Å². The lowest BCUT2D eigenvalue weighted by Crippen LogP contribution is -2.45. The van der Waals surface area contributed by atoms with Crippen LogP contribution >= 0.6 is 0 Å². The van der Waals surface area contributed by atoms with Crippen LogP contribution < -0.4 is 10.1 Å². The molecule has 6 nitrogen and oxygen atoms in total. The van der Waals surface area contributed by atoms with Crippen LogP contribution in [0.1, 0.15) is 40.0 Å². The standard InChI is InChI=1S/C29H34N4O2/c1-32-16-18-33(19-17-32)15-5-14-30-29(34)27-24-6-3-4-7-26(24)31-28-22(10-13-25(27)28)20-21-8-11-23(35-2)12-9-21/h3-4,6-9,11-12,20H,5,10,13-19H2,1-2H3,(H,30,34). The van der Waals surface area contributed by atoms with Crippen molar-refractivity contribution in [3.8, 4) is 5.75 Å². The summed E-state index contributed by atoms with van der Waals surface area (Å²) in [6, 6.07) is 16.0. The fourth-order valence-electron chi connectivity index (χ4n) is 5.10. The number of fused-ring (bicyclic) bond motifs is 2. The minimum atomic E-state index is 0.0175. The highest BCUT2D eigenvalue weighted by Gasteiger charge is 2.26. The summed E-state index contributed by atoms with van der Waals surface area (Å²) in [6.45, 7) is 6.16. The maximum Gasteiger partial charge on any atom is 0.252 e. The highest BCUT2D eigenvalue weighted by Crippen LogP contribution is 2.37. The van der Waals surface area contributed by atoms with Crippen LogP contribution in [-0.4, -0.2) is 74.1 Å². The van der Waals surface area contributed by atoms with Crippen molar-refractivity contribution < 1.29 is 9.53 Å². The Bertz CT molecular complexity index is 1230. The number of aromatic nitrogens is 1. The SMILES string of the molecule is COc1ccc(C=C2CCc3c2nc2ccccc2c3C(=O)NCCCN2CCN(C)CC2)cc1. The lowest BCUT2D eigenvalue weighted by molar-refractivity contribution is 0.0950. The first-order chi connectivity index (χ1) is 17.1.